The van der Waals surface area contributed by atoms with Crippen molar-refractivity contribution in [2.75, 3.05) is 32.7 Å². The van der Waals surface area contributed by atoms with Gasteiger partial charge in [0.2, 0.25) is 11.5 Å². The van der Waals surface area contributed by atoms with Gasteiger partial charge in [-0.1, -0.05) is 73.5 Å². The van der Waals surface area contributed by atoms with Crippen molar-refractivity contribution in [1.82, 2.24) is 5.32 Å². The van der Waals surface area contributed by atoms with Gasteiger partial charge >= 0.3 is 5.97 Å². The van der Waals surface area contributed by atoms with E-state index in [-0.39, 0.29) is 12.0 Å². The minimum atomic E-state index is -1.84. The van der Waals surface area contributed by atoms with E-state index in [1.165, 1.54) is 25.7 Å². The van der Waals surface area contributed by atoms with E-state index in [2.05, 4.69) is 5.32 Å². The molecule has 6 heteroatoms. The number of hydrogen-bond acceptors (Lipinski definition) is 4. The van der Waals surface area contributed by atoms with Crippen LogP contribution in [0.3, 0.4) is 0 Å². The van der Waals surface area contributed by atoms with Crippen molar-refractivity contribution < 1.29 is 23.9 Å². The largest absolute Gasteiger partial charge is 0.453 e. The third kappa shape index (κ3) is 5.75. The Morgan fingerprint density at radius 2 is 1.51 bits per heavy atom. The summed E-state index contributed by atoms with van der Waals surface area (Å²) in [5, 5.41) is 14.9. The van der Waals surface area contributed by atoms with Crippen LogP contribution in [0.2, 0.25) is 0 Å². The van der Waals surface area contributed by atoms with Crippen molar-refractivity contribution in [1.29, 1.82) is 0 Å². The van der Waals surface area contributed by atoms with E-state index in [9.17, 15) is 14.7 Å². The van der Waals surface area contributed by atoms with Crippen molar-refractivity contribution in [3.63, 3.8) is 0 Å². The topological polar surface area (TPSA) is 75.6 Å². The maximum atomic E-state index is 13.7. The fourth-order valence-electron chi connectivity index (χ4n) is 6.84. The molecule has 2 aromatic rings. The van der Waals surface area contributed by atoms with E-state index in [4.69, 9.17) is 4.74 Å². The molecular formula is C31H41N2O4+. The van der Waals surface area contributed by atoms with E-state index < -0.39 is 11.6 Å². The molecule has 198 valence electrons. The van der Waals surface area contributed by atoms with Gasteiger partial charge in [0.15, 0.2) is 6.10 Å². The van der Waals surface area contributed by atoms with Gasteiger partial charge in [0.05, 0.1) is 19.6 Å². The van der Waals surface area contributed by atoms with Crippen LogP contribution in [0.15, 0.2) is 60.7 Å². The molecule has 3 saturated heterocycles. The lowest BCUT2D eigenvalue weighted by molar-refractivity contribution is -0.946. The predicted molar refractivity (Wildman–Crippen MR) is 142 cm³/mol. The number of benzene rings is 2. The summed E-state index contributed by atoms with van der Waals surface area (Å²) < 4.78 is 7.10. The van der Waals surface area contributed by atoms with Gasteiger partial charge in [-0.25, -0.2) is 4.79 Å². The molecule has 0 spiro atoms. The molecule has 0 aromatic heterocycles. The lowest BCUT2D eigenvalue weighted by Gasteiger charge is -2.52. The molecule has 4 aliphatic rings. The zero-order chi connectivity index (χ0) is 25.7. The number of nitrogens with one attached hydrogen (secondary N) is 1. The Labute approximate surface area is 220 Å². The maximum Gasteiger partial charge on any atom is 0.348 e. The first kappa shape index (κ1) is 25.9. The van der Waals surface area contributed by atoms with Crippen LogP contribution in [0.4, 0.5) is 0 Å². The first-order chi connectivity index (χ1) is 18.0. The fraction of sp³-hybridized carbons (Fsp3) is 0.548. The molecule has 1 unspecified atom stereocenters. The smallest absolute Gasteiger partial charge is 0.348 e. The molecule has 1 atom stereocenters. The van der Waals surface area contributed by atoms with Crippen LogP contribution in [0.5, 0.6) is 0 Å². The molecule has 3 heterocycles. The number of carbonyl (C=O) groups excluding carboxylic acids is 2. The van der Waals surface area contributed by atoms with Crippen LogP contribution in [0, 0.1) is 11.8 Å². The van der Waals surface area contributed by atoms with E-state index in [1.807, 2.05) is 36.4 Å². The highest BCUT2D eigenvalue weighted by Gasteiger charge is 2.50. The molecule has 6 rings (SSSR count). The zero-order valence-electron chi connectivity index (χ0n) is 21.8. The average molecular weight is 506 g/mol. The number of fused-ring (bicyclic) bond motifs is 3. The first-order valence-corrected chi connectivity index (χ1v) is 14.1. The van der Waals surface area contributed by atoms with Crippen LogP contribution in [0.1, 0.15) is 62.5 Å². The number of amides is 1. The molecule has 2 aromatic carbocycles. The van der Waals surface area contributed by atoms with Crippen LogP contribution in [-0.2, 0) is 19.9 Å². The van der Waals surface area contributed by atoms with Crippen molar-refractivity contribution in [2.45, 2.75) is 63.1 Å². The van der Waals surface area contributed by atoms with Gasteiger partial charge in [0, 0.05) is 38.1 Å². The zero-order valence-corrected chi connectivity index (χ0v) is 21.8. The number of aliphatic hydroxyl groups is 1. The summed E-state index contributed by atoms with van der Waals surface area (Å²) in [6.45, 7) is 4.66. The number of hydrogen-bond donors (Lipinski definition) is 2. The number of nitrogens with zero attached hydrogens (tertiary/aromatic N) is 1. The molecule has 2 N–H and O–H groups in total. The van der Waals surface area contributed by atoms with E-state index in [0.717, 1.165) is 49.9 Å². The quantitative estimate of drug-likeness (QED) is 0.289. The second-order valence-electron chi connectivity index (χ2n) is 11.5. The van der Waals surface area contributed by atoms with E-state index in [0.29, 0.717) is 35.9 Å². The van der Waals surface area contributed by atoms with Gasteiger partial charge < -0.3 is 19.6 Å². The highest BCUT2D eigenvalue weighted by molar-refractivity contribution is 5.85. The number of carbonyl (C=O) groups is 2. The van der Waals surface area contributed by atoms with Crippen molar-refractivity contribution in [2.24, 2.45) is 11.8 Å². The normalized spacial score (nSPS) is 25.6. The predicted octanol–water partition coefficient (Wildman–Crippen LogP) is 4.16. The fourth-order valence-corrected chi connectivity index (χ4v) is 6.84. The van der Waals surface area contributed by atoms with Crippen molar-refractivity contribution >= 4 is 11.9 Å². The number of quaternary nitrogens is 1. The minimum absolute atomic E-state index is 0.192. The summed E-state index contributed by atoms with van der Waals surface area (Å²) in [6.07, 6.45) is 8.37. The van der Waals surface area contributed by atoms with Gasteiger partial charge in [0.1, 0.15) is 6.54 Å². The molecule has 37 heavy (non-hydrogen) atoms. The Balaban J connectivity index is 1.20. The second kappa shape index (κ2) is 11.4. The van der Waals surface area contributed by atoms with E-state index >= 15 is 0 Å². The Morgan fingerprint density at radius 1 is 0.919 bits per heavy atom. The van der Waals surface area contributed by atoms with Crippen molar-refractivity contribution in [3.05, 3.63) is 71.8 Å². The third-order valence-electron chi connectivity index (χ3n) is 9.06. The van der Waals surface area contributed by atoms with Crippen LogP contribution < -0.4 is 5.32 Å². The summed E-state index contributed by atoms with van der Waals surface area (Å²) >= 11 is 0. The summed E-state index contributed by atoms with van der Waals surface area (Å²) in [7, 11) is 0. The summed E-state index contributed by atoms with van der Waals surface area (Å²) in [6, 6.07) is 18.2. The van der Waals surface area contributed by atoms with Crippen LogP contribution >= 0.6 is 0 Å². The number of ether oxygens (including phenoxy) is 1. The standard InChI is InChI=1S/C31H40N2O4/c34-29(22-24-10-7-8-11-24)32-18-9-19-33-20-16-25(17-21-33)28(23-33)37-30(35)31(36,26-12-3-1-4-13-26)27-14-5-2-6-15-27/h1-6,12-15,24-25,28,36H,7-11,16-23H2/p+1. The second-order valence-corrected chi connectivity index (χ2v) is 11.5. The van der Waals surface area contributed by atoms with Gasteiger partial charge in [-0.2, -0.15) is 0 Å². The number of piperidine rings is 3. The Kier molecular flexibility index (Phi) is 7.96. The molecule has 1 saturated carbocycles. The van der Waals surface area contributed by atoms with Crippen LogP contribution in [0.25, 0.3) is 0 Å². The average Bonchev–Trinajstić information content (AvgIpc) is 3.45. The molecule has 4 fully saturated rings. The summed E-state index contributed by atoms with van der Waals surface area (Å²) in [5.74, 6) is 0.507. The SMILES string of the molecule is O=C(CC1CCCC1)NCCC[N+]12CCC(CC1)C(OC(=O)C(O)(c1ccccc1)c1ccccc1)C2. The molecule has 6 nitrogen and oxygen atoms in total. The maximum absolute atomic E-state index is 13.7. The summed E-state index contributed by atoms with van der Waals surface area (Å²) in [5.41, 5.74) is -0.808. The number of rotatable bonds is 10. The Bertz CT molecular complexity index is 1000. The molecule has 1 amide bonds. The molecule has 1 aliphatic carbocycles. The highest BCUT2D eigenvalue weighted by Crippen LogP contribution is 2.38. The minimum Gasteiger partial charge on any atom is -0.453 e. The lowest BCUT2D eigenvalue weighted by atomic mass is 9.82. The monoisotopic (exact) mass is 505 g/mol. The Hall–Kier alpha value is -2.70. The lowest BCUT2D eigenvalue weighted by Crippen LogP contribution is -2.65. The Morgan fingerprint density at radius 3 is 2.11 bits per heavy atom. The van der Waals surface area contributed by atoms with Gasteiger partial charge in [-0.05, 0) is 29.9 Å². The molecule has 3 aliphatic heterocycles. The van der Waals surface area contributed by atoms with Gasteiger partial charge in [0.25, 0.3) is 0 Å². The first-order valence-electron chi connectivity index (χ1n) is 14.1. The van der Waals surface area contributed by atoms with Gasteiger partial charge in [-0.15, -0.1) is 0 Å². The third-order valence-corrected chi connectivity index (χ3v) is 9.06. The molecule has 2 bridgehead atoms. The van der Waals surface area contributed by atoms with Crippen molar-refractivity contribution in [3.8, 4) is 0 Å². The summed E-state index contributed by atoms with van der Waals surface area (Å²) in [4.78, 5) is 26.0. The highest BCUT2D eigenvalue weighted by atomic mass is 16.6. The number of esters is 1. The molecular weight excluding hydrogens is 464 g/mol. The van der Waals surface area contributed by atoms with E-state index in [1.54, 1.807) is 24.3 Å². The van der Waals surface area contributed by atoms with Crippen LogP contribution in [-0.4, -0.2) is 60.3 Å². The van der Waals surface area contributed by atoms with Gasteiger partial charge in [-0.3, -0.25) is 4.79 Å². The molecule has 0 radical (unpaired) electrons.